The van der Waals surface area contributed by atoms with Crippen LogP contribution in [0.2, 0.25) is 0 Å². The second kappa shape index (κ2) is 7.87. The lowest BCUT2D eigenvalue weighted by Gasteiger charge is -2.31. The summed E-state index contributed by atoms with van der Waals surface area (Å²) in [5.74, 6) is 0.459. The molecule has 0 aromatic carbocycles. The van der Waals surface area contributed by atoms with Crippen LogP contribution in [0, 0.1) is 5.92 Å². The monoisotopic (exact) mass is 364 g/mol. The van der Waals surface area contributed by atoms with Gasteiger partial charge in [-0.05, 0) is 36.8 Å². The normalized spacial score (nSPS) is 15.5. The van der Waals surface area contributed by atoms with E-state index in [2.05, 4.69) is 10.3 Å². The van der Waals surface area contributed by atoms with Crippen LogP contribution >= 0.6 is 22.7 Å². The van der Waals surface area contributed by atoms with Crippen molar-refractivity contribution in [3.63, 3.8) is 0 Å². The van der Waals surface area contributed by atoms with Crippen molar-refractivity contribution in [2.75, 3.05) is 25.0 Å². The largest absolute Gasteiger partial charge is 0.342 e. The van der Waals surface area contributed by atoms with Crippen LogP contribution in [0.3, 0.4) is 0 Å². The minimum absolute atomic E-state index is 0.0897. The third kappa shape index (κ3) is 4.19. The first-order valence-corrected chi connectivity index (χ1v) is 9.68. The first kappa shape index (κ1) is 17.1. The molecule has 0 spiro atoms. The summed E-state index contributed by atoms with van der Waals surface area (Å²) in [6.45, 7) is 2.24. The van der Waals surface area contributed by atoms with Gasteiger partial charge in [-0.15, -0.1) is 22.7 Å². The molecule has 2 amide bonds. The number of carbonyl (C=O) groups is 2. The molecule has 0 aliphatic carbocycles. The number of nitrogens with zero attached hydrogens (tertiary/aromatic N) is 2. The van der Waals surface area contributed by atoms with Crippen molar-refractivity contribution >= 4 is 39.6 Å². The molecule has 1 fully saturated rings. The van der Waals surface area contributed by atoms with Crippen molar-refractivity contribution in [1.29, 1.82) is 0 Å². The quantitative estimate of drug-likeness (QED) is 0.851. The molecule has 0 saturated carbocycles. The lowest BCUT2D eigenvalue weighted by Crippen LogP contribution is -2.40. The zero-order chi connectivity index (χ0) is 16.9. The van der Waals surface area contributed by atoms with E-state index >= 15 is 0 Å². The van der Waals surface area contributed by atoms with Gasteiger partial charge >= 0.3 is 0 Å². The average Bonchev–Trinajstić information content (AvgIpc) is 3.27. The van der Waals surface area contributed by atoms with Gasteiger partial charge in [-0.25, -0.2) is 4.98 Å². The van der Waals surface area contributed by atoms with Gasteiger partial charge in [0, 0.05) is 18.5 Å². The van der Waals surface area contributed by atoms with Gasteiger partial charge in [0.15, 0.2) is 5.13 Å². The Kier molecular flexibility index (Phi) is 5.60. The van der Waals surface area contributed by atoms with E-state index in [0.29, 0.717) is 28.2 Å². The Balaban J connectivity index is 1.52. The van der Waals surface area contributed by atoms with Crippen molar-refractivity contribution in [2.24, 2.45) is 11.7 Å². The van der Waals surface area contributed by atoms with Gasteiger partial charge in [0.2, 0.25) is 5.91 Å². The molecule has 3 heterocycles. The van der Waals surface area contributed by atoms with E-state index in [0.717, 1.165) is 25.9 Å². The zero-order valence-electron chi connectivity index (χ0n) is 13.2. The van der Waals surface area contributed by atoms with E-state index in [1.807, 2.05) is 21.7 Å². The summed E-state index contributed by atoms with van der Waals surface area (Å²) in [7, 11) is 0. The topological polar surface area (TPSA) is 88.3 Å². The average molecular weight is 364 g/mol. The van der Waals surface area contributed by atoms with E-state index in [-0.39, 0.29) is 18.2 Å². The maximum atomic E-state index is 12.4. The molecule has 0 radical (unpaired) electrons. The molecular formula is C16H20N4O2S2. The molecule has 1 aliphatic heterocycles. The Hall–Kier alpha value is -1.77. The molecule has 3 rings (SSSR count). The van der Waals surface area contributed by atoms with Gasteiger partial charge in [-0.1, -0.05) is 6.07 Å². The third-order valence-electron chi connectivity index (χ3n) is 4.15. The molecule has 2 aromatic heterocycles. The number of hydrogen-bond acceptors (Lipinski definition) is 6. The Morgan fingerprint density at radius 1 is 1.33 bits per heavy atom. The van der Waals surface area contributed by atoms with E-state index < -0.39 is 0 Å². The fourth-order valence-electron chi connectivity index (χ4n) is 2.70. The molecule has 3 N–H and O–H groups in total. The summed E-state index contributed by atoms with van der Waals surface area (Å²) < 4.78 is 0. The number of nitrogens with one attached hydrogen (secondary N) is 1. The zero-order valence-corrected chi connectivity index (χ0v) is 14.9. The minimum Gasteiger partial charge on any atom is -0.342 e. The third-order valence-corrected chi connectivity index (χ3v) is 5.83. The van der Waals surface area contributed by atoms with Crippen molar-refractivity contribution < 1.29 is 9.59 Å². The molecule has 2 aromatic rings. The van der Waals surface area contributed by atoms with E-state index in [1.165, 1.54) is 22.7 Å². The summed E-state index contributed by atoms with van der Waals surface area (Å²) in [5, 5.41) is 6.98. The highest BCUT2D eigenvalue weighted by molar-refractivity contribution is 7.14. The molecule has 128 valence electrons. The summed E-state index contributed by atoms with van der Waals surface area (Å²) in [4.78, 5) is 31.2. The maximum Gasteiger partial charge on any atom is 0.267 e. The fourth-order valence-corrected chi connectivity index (χ4v) is 4.02. The van der Waals surface area contributed by atoms with Gasteiger partial charge in [0.05, 0.1) is 17.0 Å². The molecular weight excluding hydrogens is 344 g/mol. The van der Waals surface area contributed by atoms with Gasteiger partial charge in [-0.2, -0.15) is 0 Å². The van der Waals surface area contributed by atoms with Gasteiger partial charge in [-0.3, -0.25) is 14.9 Å². The van der Waals surface area contributed by atoms with Crippen LogP contribution in [0.1, 0.15) is 28.2 Å². The van der Waals surface area contributed by atoms with Crippen LogP contribution < -0.4 is 11.1 Å². The van der Waals surface area contributed by atoms with Gasteiger partial charge < -0.3 is 10.6 Å². The van der Waals surface area contributed by atoms with E-state index in [4.69, 9.17) is 5.73 Å². The molecule has 6 nitrogen and oxygen atoms in total. The summed E-state index contributed by atoms with van der Waals surface area (Å²) in [6, 6.07) is 3.60. The van der Waals surface area contributed by atoms with Crippen molar-refractivity contribution in [2.45, 2.75) is 19.3 Å². The number of anilines is 1. The van der Waals surface area contributed by atoms with Crippen molar-refractivity contribution in [3.05, 3.63) is 33.5 Å². The number of piperidine rings is 1. The van der Waals surface area contributed by atoms with Crippen LogP contribution in [0.4, 0.5) is 5.13 Å². The standard InChI is InChI=1S/C16H20N4O2S2/c17-9-11-3-5-20(6-4-11)14(21)8-12-10-24-16(18-12)19-15(22)13-2-1-7-23-13/h1-2,7,10-11H,3-6,8-9,17H2,(H,18,19,22). The number of thiophene rings is 1. The lowest BCUT2D eigenvalue weighted by molar-refractivity contribution is -0.131. The summed E-state index contributed by atoms with van der Waals surface area (Å²) in [6.07, 6.45) is 2.22. The second-order valence-corrected chi connectivity index (χ2v) is 7.62. The Labute approximate surface area is 148 Å². The number of hydrogen-bond donors (Lipinski definition) is 2. The van der Waals surface area contributed by atoms with Crippen LogP contribution in [0.5, 0.6) is 0 Å². The first-order valence-electron chi connectivity index (χ1n) is 7.93. The number of rotatable bonds is 5. The molecule has 0 unspecified atom stereocenters. The molecule has 1 aliphatic rings. The second-order valence-electron chi connectivity index (χ2n) is 5.81. The molecule has 0 bridgehead atoms. The van der Waals surface area contributed by atoms with E-state index in [9.17, 15) is 9.59 Å². The molecule has 8 heteroatoms. The van der Waals surface area contributed by atoms with Crippen LogP contribution in [-0.4, -0.2) is 41.3 Å². The molecule has 24 heavy (non-hydrogen) atoms. The number of aromatic nitrogens is 1. The van der Waals surface area contributed by atoms with Crippen molar-refractivity contribution in [3.8, 4) is 0 Å². The number of likely N-dealkylation sites (tertiary alicyclic amines) is 1. The SMILES string of the molecule is NCC1CCN(C(=O)Cc2csc(NC(=O)c3cccs3)n2)CC1. The minimum atomic E-state index is -0.166. The van der Waals surface area contributed by atoms with Gasteiger partial charge in [0.1, 0.15) is 0 Å². The maximum absolute atomic E-state index is 12.4. The van der Waals surface area contributed by atoms with Crippen LogP contribution in [0.25, 0.3) is 0 Å². The Morgan fingerprint density at radius 2 is 2.12 bits per heavy atom. The number of thiazole rings is 1. The van der Waals surface area contributed by atoms with Crippen molar-refractivity contribution in [1.82, 2.24) is 9.88 Å². The predicted octanol–water partition coefficient (Wildman–Crippen LogP) is 2.20. The number of carbonyl (C=O) groups excluding carboxylic acids is 2. The van der Waals surface area contributed by atoms with E-state index in [1.54, 1.807) is 6.07 Å². The lowest BCUT2D eigenvalue weighted by atomic mass is 9.97. The first-order chi connectivity index (χ1) is 11.7. The summed E-state index contributed by atoms with van der Waals surface area (Å²) in [5.41, 5.74) is 6.38. The molecule has 1 saturated heterocycles. The highest BCUT2D eigenvalue weighted by Crippen LogP contribution is 2.20. The number of nitrogens with two attached hydrogens (primary N) is 1. The highest BCUT2D eigenvalue weighted by Gasteiger charge is 2.22. The number of amides is 2. The van der Waals surface area contributed by atoms with Crippen LogP contribution in [0.15, 0.2) is 22.9 Å². The fraction of sp³-hybridized carbons (Fsp3) is 0.438. The van der Waals surface area contributed by atoms with Crippen LogP contribution in [-0.2, 0) is 11.2 Å². The Morgan fingerprint density at radius 3 is 2.79 bits per heavy atom. The van der Waals surface area contributed by atoms with Gasteiger partial charge in [0.25, 0.3) is 5.91 Å². The highest BCUT2D eigenvalue weighted by atomic mass is 32.1. The molecule has 0 atom stereocenters. The predicted molar refractivity (Wildman–Crippen MR) is 96.4 cm³/mol. The summed E-state index contributed by atoms with van der Waals surface area (Å²) >= 11 is 2.73. The smallest absolute Gasteiger partial charge is 0.267 e. The Bertz CT molecular complexity index is 691.